The van der Waals surface area contributed by atoms with E-state index in [0.29, 0.717) is 17.9 Å². The molecule has 23 heavy (non-hydrogen) atoms. The van der Waals surface area contributed by atoms with Crippen LogP contribution in [0, 0.1) is 23.5 Å². The van der Waals surface area contributed by atoms with Crippen molar-refractivity contribution in [3.63, 3.8) is 0 Å². The molecule has 0 radical (unpaired) electrons. The van der Waals surface area contributed by atoms with Crippen molar-refractivity contribution in [2.45, 2.75) is 64.7 Å². The number of benzene rings is 1. The van der Waals surface area contributed by atoms with E-state index in [2.05, 4.69) is 6.92 Å². The second-order valence-electron chi connectivity index (χ2n) is 6.77. The van der Waals surface area contributed by atoms with Crippen LogP contribution in [0.5, 0.6) is 0 Å². The molecule has 1 aromatic carbocycles. The first-order valence-electron chi connectivity index (χ1n) is 8.73. The van der Waals surface area contributed by atoms with Crippen LogP contribution in [0.3, 0.4) is 0 Å². The highest BCUT2D eigenvalue weighted by molar-refractivity contribution is 5.88. The molecule has 0 bridgehead atoms. The van der Waals surface area contributed by atoms with Crippen LogP contribution in [0.25, 0.3) is 0 Å². The Kier molecular flexibility index (Phi) is 6.55. The van der Waals surface area contributed by atoms with E-state index in [0.717, 1.165) is 18.4 Å². The summed E-state index contributed by atoms with van der Waals surface area (Å²) in [6.07, 6.45) is 10.0. The Morgan fingerprint density at radius 1 is 1.09 bits per heavy atom. The highest BCUT2D eigenvalue weighted by Crippen LogP contribution is 2.34. The molecule has 0 aliphatic heterocycles. The molecule has 1 N–H and O–H groups in total. The molecule has 128 valence electrons. The Hall–Kier alpha value is -1.45. The standard InChI is InChI=1S/C19H26F2O2/c1-2-3-4-13-5-7-14(8-6-13)9-10-15-11-12-16(19(22)23)18(21)17(15)20/h11-14H,2-10H2,1H3,(H,22,23). The predicted molar refractivity (Wildman–Crippen MR) is 86.6 cm³/mol. The molecule has 0 heterocycles. The molecular weight excluding hydrogens is 298 g/mol. The van der Waals surface area contributed by atoms with E-state index in [9.17, 15) is 13.6 Å². The van der Waals surface area contributed by atoms with E-state index < -0.39 is 23.2 Å². The Balaban J connectivity index is 1.85. The molecular formula is C19H26F2O2. The fourth-order valence-corrected chi connectivity index (χ4v) is 3.61. The van der Waals surface area contributed by atoms with E-state index in [1.54, 1.807) is 0 Å². The summed E-state index contributed by atoms with van der Waals surface area (Å²) in [4.78, 5) is 10.8. The molecule has 4 heteroatoms. The zero-order valence-electron chi connectivity index (χ0n) is 13.8. The van der Waals surface area contributed by atoms with Crippen molar-refractivity contribution in [3.05, 3.63) is 34.9 Å². The van der Waals surface area contributed by atoms with Gasteiger partial charge in [-0.1, -0.05) is 57.9 Å². The monoisotopic (exact) mass is 324 g/mol. The SMILES string of the molecule is CCCCC1CCC(CCc2ccc(C(=O)O)c(F)c2F)CC1. The zero-order chi connectivity index (χ0) is 16.8. The predicted octanol–water partition coefficient (Wildman–Crippen LogP) is 5.59. The summed E-state index contributed by atoms with van der Waals surface area (Å²) in [6, 6.07) is 2.58. The van der Waals surface area contributed by atoms with E-state index in [-0.39, 0.29) is 0 Å². The number of aromatic carboxylic acids is 1. The maximum atomic E-state index is 13.9. The van der Waals surface area contributed by atoms with Crippen LogP contribution in [-0.2, 0) is 6.42 Å². The zero-order valence-corrected chi connectivity index (χ0v) is 13.8. The number of hydrogen-bond acceptors (Lipinski definition) is 1. The summed E-state index contributed by atoms with van der Waals surface area (Å²) in [6.45, 7) is 2.22. The number of halogens is 2. The van der Waals surface area contributed by atoms with Gasteiger partial charge in [0.1, 0.15) is 0 Å². The van der Waals surface area contributed by atoms with Crippen LogP contribution in [0.1, 0.15) is 74.2 Å². The lowest BCUT2D eigenvalue weighted by molar-refractivity contribution is 0.0690. The summed E-state index contributed by atoms with van der Waals surface area (Å²) < 4.78 is 27.6. The van der Waals surface area contributed by atoms with Crippen LogP contribution in [0.15, 0.2) is 12.1 Å². The van der Waals surface area contributed by atoms with Gasteiger partial charge in [-0.05, 0) is 36.3 Å². The largest absolute Gasteiger partial charge is 0.478 e. The molecule has 1 fully saturated rings. The molecule has 1 aliphatic rings. The average molecular weight is 324 g/mol. The Labute approximate surface area is 136 Å². The minimum absolute atomic E-state index is 0.292. The molecule has 0 aromatic heterocycles. The average Bonchev–Trinajstić information content (AvgIpc) is 2.55. The first-order chi connectivity index (χ1) is 11.0. The third-order valence-electron chi connectivity index (χ3n) is 5.15. The Morgan fingerprint density at radius 2 is 1.70 bits per heavy atom. The number of carboxylic acids is 1. The molecule has 1 saturated carbocycles. The van der Waals surface area contributed by atoms with Gasteiger partial charge < -0.3 is 5.11 Å². The molecule has 1 aliphatic carbocycles. The summed E-state index contributed by atoms with van der Waals surface area (Å²) in [5.74, 6) is -2.25. The van der Waals surface area contributed by atoms with E-state index in [1.807, 2.05) is 0 Å². The minimum Gasteiger partial charge on any atom is -0.478 e. The van der Waals surface area contributed by atoms with Gasteiger partial charge in [-0.2, -0.15) is 0 Å². The molecule has 2 rings (SSSR count). The van der Waals surface area contributed by atoms with Gasteiger partial charge >= 0.3 is 5.97 Å². The molecule has 1 aromatic rings. The van der Waals surface area contributed by atoms with Crippen LogP contribution in [0.2, 0.25) is 0 Å². The third kappa shape index (κ3) is 4.76. The van der Waals surface area contributed by atoms with E-state index in [4.69, 9.17) is 5.11 Å². The van der Waals surface area contributed by atoms with Gasteiger partial charge in [0.25, 0.3) is 0 Å². The molecule has 0 unspecified atom stereocenters. The highest BCUT2D eigenvalue weighted by atomic mass is 19.2. The van der Waals surface area contributed by atoms with Crippen molar-refractivity contribution in [3.8, 4) is 0 Å². The lowest BCUT2D eigenvalue weighted by Gasteiger charge is -2.28. The number of carbonyl (C=O) groups is 1. The van der Waals surface area contributed by atoms with Crippen molar-refractivity contribution < 1.29 is 18.7 Å². The highest BCUT2D eigenvalue weighted by Gasteiger charge is 2.22. The van der Waals surface area contributed by atoms with Crippen molar-refractivity contribution >= 4 is 5.97 Å². The van der Waals surface area contributed by atoms with Crippen LogP contribution in [0.4, 0.5) is 8.78 Å². The van der Waals surface area contributed by atoms with Crippen LogP contribution >= 0.6 is 0 Å². The maximum absolute atomic E-state index is 13.9. The lowest BCUT2D eigenvalue weighted by atomic mass is 9.78. The second kappa shape index (κ2) is 8.42. The van der Waals surface area contributed by atoms with Gasteiger partial charge in [0.15, 0.2) is 11.6 Å². The number of aryl methyl sites for hydroxylation is 1. The quantitative estimate of drug-likeness (QED) is 0.709. The van der Waals surface area contributed by atoms with Crippen LogP contribution in [-0.4, -0.2) is 11.1 Å². The smallest absolute Gasteiger partial charge is 0.338 e. The summed E-state index contributed by atoms with van der Waals surface area (Å²) in [5, 5.41) is 8.79. The van der Waals surface area contributed by atoms with Crippen molar-refractivity contribution in [2.24, 2.45) is 11.8 Å². The van der Waals surface area contributed by atoms with Gasteiger partial charge in [-0.25, -0.2) is 13.6 Å². The number of hydrogen-bond donors (Lipinski definition) is 1. The van der Waals surface area contributed by atoms with Gasteiger partial charge in [0, 0.05) is 0 Å². The van der Waals surface area contributed by atoms with Gasteiger partial charge in [0.05, 0.1) is 5.56 Å². The Morgan fingerprint density at radius 3 is 2.26 bits per heavy atom. The van der Waals surface area contributed by atoms with Crippen LogP contribution < -0.4 is 0 Å². The number of rotatable bonds is 7. The number of carboxylic acid groups (broad SMARTS) is 1. The summed E-state index contributed by atoms with van der Waals surface area (Å²) in [5.41, 5.74) is -0.303. The first kappa shape index (κ1) is 17.9. The molecule has 0 atom stereocenters. The van der Waals surface area contributed by atoms with Gasteiger partial charge in [-0.15, -0.1) is 0 Å². The topological polar surface area (TPSA) is 37.3 Å². The lowest BCUT2D eigenvalue weighted by Crippen LogP contribution is -2.15. The molecule has 2 nitrogen and oxygen atoms in total. The van der Waals surface area contributed by atoms with Gasteiger partial charge in [0.2, 0.25) is 0 Å². The first-order valence-corrected chi connectivity index (χ1v) is 8.73. The summed E-state index contributed by atoms with van der Waals surface area (Å²) >= 11 is 0. The second-order valence-corrected chi connectivity index (χ2v) is 6.77. The molecule has 0 spiro atoms. The number of unbranched alkanes of at least 4 members (excludes halogenated alkanes) is 1. The maximum Gasteiger partial charge on any atom is 0.338 e. The van der Waals surface area contributed by atoms with Crippen molar-refractivity contribution in [1.82, 2.24) is 0 Å². The fourth-order valence-electron chi connectivity index (χ4n) is 3.61. The molecule has 0 amide bonds. The minimum atomic E-state index is -1.43. The normalized spacial score (nSPS) is 21.3. The fraction of sp³-hybridized carbons (Fsp3) is 0.632. The summed E-state index contributed by atoms with van der Waals surface area (Å²) in [7, 11) is 0. The van der Waals surface area contributed by atoms with E-state index >= 15 is 0 Å². The van der Waals surface area contributed by atoms with Crippen molar-refractivity contribution in [1.29, 1.82) is 0 Å². The van der Waals surface area contributed by atoms with Gasteiger partial charge in [-0.3, -0.25) is 0 Å². The van der Waals surface area contributed by atoms with Crippen molar-refractivity contribution in [2.75, 3.05) is 0 Å². The Bertz CT molecular complexity index is 534. The molecule has 0 saturated heterocycles. The van der Waals surface area contributed by atoms with E-state index in [1.165, 1.54) is 51.0 Å². The third-order valence-corrected chi connectivity index (χ3v) is 5.15.